The SMILES string of the molecule is CC(C)OCCNCc1ccc(F)cc1. The van der Waals surface area contributed by atoms with Gasteiger partial charge in [0.25, 0.3) is 0 Å². The number of halogens is 1. The lowest BCUT2D eigenvalue weighted by molar-refractivity contribution is 0.0807. The number of hydrogen-bond donors (Lipinski definition) is 1. The van der Waals surface area contributed by atoms with Crippen molar-refractivity contribution >= 4 is 0 Å². The van der Waals surface area contributed by atoms with Crippen molar-refractivity contribution in [3.05, 3.63) is 35.6 Å². The summed E-state index contributed by atoms with van der Waals surface area (Å²) in [6, 6.07) is 6.51. The van der Waals surface area contributed by atoms with Crippen LogP contribution in [0.25, 0.3) is 0 Å². The van der Waals surface area contributed by atoms with Crippen molar-refractivity contribution in [2.75, 3.05) is 13.2 Å². The van der Waals surface area contributed by atoms with E-state index in [4.69, 9.17) is 4.74 Å². The monoisotopic (exact) mass is 211 g/mol. The van der Waals surface area contributed by atoms with Crippen LogP contribution in [0.4, 0.5) is 4.39 Å². The van der Waals surface area contributed by atoms with Gasteiger partial charge in [-0.25, -0.2) is 4.39 Å². The second-order valence-electron chi connectivity index (χ2n) is 3.72. The summed E-state index contributed by atoms with van der Waals surface area (Å²) in [5.74, 6) is -0.193. The van der Waals surface area contributed by atoms with Crippen LogP contribution in [0.2, 0.25) is 0 Å². The van der Waals surface area contributed by atoms with Gasteiger partial charge in [-0.1, -0.05) is 12.1 Å². The minimum Gasteiger partial charge on any atom is -0.377 e. The first kappa shape index (κ1) is 12.1. The first-order valence-electron chi connectivity index (χ1n) is 5.25. The summed E-state index contributed by atoms with van der Waals surface area (Å²) in [6.45, 7) is 6.30. The number of benzene rings is 1. The maximum Gasteiger partial charge on any atom is 0.123 e. The van der Waals surface area contributed by atoms with Crippen LogP contribution in [-0.2, 0) is 11.3 Å². The van der Waals surface area contributed by atoms with Gasteiger partial charge in [0, 0.05) is 13.1 Å². The molecule has 15 heavy (non-hydrogen) atoms. The first-order valence-corrected chi connectivity index (χ1v) is 5.25. The van der Waals surface area contributed by atoms with Crippen LogP contribution in [0, 0.1) is 5.82 Å². The Morgan fingerprint density at radius 1 is 1.27 bits per heavy atom. The molecule has 0 saturated carbocycles. The molecule has 0 atom stereocenters. The summed E-state index contributed by atoms with van der Waals surface area (Å²) in [6.07, 6.45) is 0.276. The molecule has 1 aromatic carbocycles. The quantitative estimate of drug-likeness (QED) is 0.729. The van der Waals surface area contributed by atoms with Gasteiger partial charge >= 0.3 is 0 Å². The Balaban J connectivity index is 2.12. The highest BCUT2D eigenvalue weighted by molar-refractivity contribution is 5.15. The van der Waals surface area contributed by atoms with Gasteiger partial charge in [0.05, 0.1) is 12.7 Å². The van der Waals surface area contributed by atoms with Crippen LogP contribution >= 0.6 is 0 Å². The topological polar surface area (TPSA) is 21.3 Å². The summed E-state index contributed by atoms with van der Waals surface area (Å²) in [5.41, 5.74) is 1.08. The van der Waals surface area contributed by atoms with Crippen LogP contribution in [0.5, 0.6) is 0 Å². The summed E-state index contributed by atoms with van der Waals surface area (Å²) in [7, 11) is 0. The molecule has 0 spiro atoms. The van der Waals surface area contributed by atoms with E-state index in [1.54, 1.807) is 12.1 Å². The van der Waals surface area contributed by atoms with E-state index in [0.717, 1.165) is 18.7 Å². The van der Waals surface area contributed by atoms with Gasteiger partial charge < -0.3 is 10.1 Å². The highest BCUT2D eigenvalue weighted by Crippen LogP contribution is 2.01. The van der Waals surface area contributed by atoms with Crippen molar-refractivity contribution in [2.45, 2.75) is 26.5 Å². The molecular weight excluding hydrogens is 193 g/mol. The van der Waals surface area contributed by atoms with E-state index in [-0.39, 0.29) is 11.9 Å². The maximum absolute atomic E-state index is 12.6. The Morgan fingerprint density at radius 2 is 1.93 bits per heavy atom. The zero-order chi connectivity index (χ0) is 11.1. The minimum absolute atomic E-state index is 0.193. The predicted molar refractivity (Wildman–Crippen MR) is 59.2 cm³/mol. The van der Waals surface area contributed by atoms with Crippen molar-refractivity contribution in [2.24, 2.45) is 0 Å². The Kier molecular flexibility index (Phi) is 5.29. The predicted octanol–water partition coefficient (Wildman–Crippen LogP) is 2.34. The average molecular weight is 211 g/mol. The lowest BCUT2D eigenvalue weighted by atomic mass is 10.2. The number of rotatable bonds is 6. The molecule has 84 valence electrons. The van der Waals surface area contributed by atoms with Gasteiger partial charge in [-0.15, -0.1) is 0 Å². The zero-order valence-corrected chi connectivity index (χ0v) is 9.29. The minimum atomic E-state index is -0.193. The molecule has 0 aliphatic carbocycles. The molecule has 2 nitrogen and oxygen atoms in total. The third-order valence-corrected chi connectivity index (χ3v) is 1.97. The van der Waals surface area contributed by atoms with E-state index in [9.17, 15) is 4.39 Å². The molecule has 0 aliphatic rings. The standard InChI is InChI=1S/C12H18FNO/c1-10(2)15-8-7-14-9-11-3-5-12(13)6-4-11/h3-6,10,14H,7-9H2,1-2H3. The van der Waals surface area contributed by atoms with E-state index in [1.807, 2.05) is 13.8 Å². The Morgan fingerprint density at radius 3 is 2.53 bits per heavy atom. The van der Waals surface area contributed by atoms with Crippen molar-refractivity contribution in [3.63, 3.8) is 0 Å². The van der Waals surface area contributed by atoms with Gasteiger partial charge in [-0.2, -0.15) is 0 Å². The summed E-state index contributed by atoms with van der Waals surface area (Å²) < 4.78 is 18.0. The lowest BCUT2D eigenvalue weighted by Gasteiger charge is -2.08. The molecule has 0 bridgehead atoms. The second kappa shape index (κ2) is 6.53. The smallest absolute Gasteiger partial charge is 0.123 e. The van der Waals surface area contributed by atoms with Crippen LogP contribution in [0.15, 0.2) is 24.3 Å². The molecule has 0 radical (unpaired) electrons. The molecule has 1 aromatic rings. The molecule has 0 heterocycles. The Hall–Kier alpha value is -0.930. The molecule has 0 saturated heterocycles. The van der Waals surface area contributed by atoms with Crippen LogP contribution in [-0.4, -0.2) is 19.3 Å². The highest BCUT2D eigenvalue weighted by Gasteiger charge is 1.95. The molecule has 0 unspecified atom stereocenters. The first-order chi connectivity index (χ1) is 7.18. The zero-order valence-electron chi connectivity index (χ0n) is 9.29. The van der Waals surface area contributed by atoms with E-state index < -0.39 is 0 Å². The van der Waals surface area contributed by atoms with Crippen molar-refractivity contribution in [3.8, 4) is 0 Å². The van der Waals surface area contributed by atoms with Crippen LogP contribution in [0.1, 0.15) is 19.4 Å². The molecule has 0 aromatic heterocycles. The van der Waals surface area contributed by atoms with E-state index >= 15 is 0 Å². The lowest BCUT2D eigenvalue weighted by Crippen LogP contribution is -2.20. The van der Waals surface area contributed by atoms with E-state index in [1.165, 1.54) is 12.1 Å². The number of ether oxygens (including phenoxy) is 1. The fourth-order valence-corrected chi connectivity index (χ4v) is 1.20. The highest BCUT2D eigenvalue weighted by atomic mass is 19.1. The average Bonchev–Trinajstić information content (AvgIpc) is 2.20. The molecule has 0 amide bonds. The van der Waals surface area contributed by atoms with E-state index in [0.29, 0.717) is 6.61 Å². The Labute approximate surface area is 90.4 Å². The summed E-state index contributed by atoms with van der Waals surface area (Å²) in [4.78, 5) is 0. The molecule has 0 fully saturated rings. The largest absolute Gasteiger partial charge is 0.377 e. The summed E-state index contributed by atoms with van der Waals surface area (Å²) >= 11 is 0. The molecule has 1 rings (SSSR count). The molecule has 3 heteroatoms. The molecule has 0 aliphatic heterocycles. The van der Waals surface area contributed by atoms with Gasteiger partial charge in [-0.05, 0) is 31.5 Å². The fraction of sp³-hybridized carbons (Fsp3) is 0.500. The third kappa shape index (κ3) is 5.50. The number of nitrogens with one attached hydrogen (secondary N) is 1. The van der Waals surface area contributed by atoms with Gasteiger partial charge in [0.2, 0.25) is 0 Å². The van der Waals surface area contributed by atoms with Gasteiger partial charge in [-0.3, -0.25) is 0 Å². The third-order valence-electron chi connectivity index (χ3n) is 1.97. The van der Waals surface area contributed by atoms with Gasteiger partial charge in [0.15, 0.2) is 0 Å². The normalized spacial score (nSPS) is 10.9. The fourth-order valence-electron chi connectivity index (χ4n) is 1.20. The van der Waals surface area contributed by atoms with Gasteiger partial charge in [0.1, 0.15) is 5.82 Å². The van der Waals surface area contributed by atoms with Crippen molar-refractivity contribution in [1.82, 2.24) is 5.32 Å². The molecule has 1 N–H and O–H groups in total. The van der Waals surface area contributed by atoms with Crippen LogP contribution < -0.4 is 5.32 Å². The number of hydrogen-bond acceptors (Lipinski definition) is 2. The van der Waals surface area contributed by atoms with Crippen molar-refractivity contribution < 1.29 is 9.13 Å². The maximum atomic E-state index is 12.6. The van der Waals surface area contributed by atoms with Crippen molar-refractivity contribution in [1.29, 1.82) is 0 Å². The molecular formula is C12H18FNO. The van der Waals surface area contributed by atoms with E-state index in [2.05, 4.69) is 5.32 Å². The second-order valence-corrected chi connectivity index (χ2v) is 3.72. The summed E-state index contributed by atoms with van der Waals surface area (Å²) in [5, 5.41) is 3.23. The Bertz CT molecular complexity index is 271. The van der Waals surface area contributed by atoms with Crippen LogP contribution in [0.3, 0.4) is 0 Å².